The molecule has 9 nitrogen and oxygen atoms in total. The van der Waals surface area contributed by atoms with Gasteiger partial charge in [-0.25, -0.2) is 9.78 Å². The zero-order valence-electron chi connectivity index (χ0n) is 23.3. The molecule has 4 rings (SSSR count). The summed E-state index contributed by atoms with van der Waals surface area (Å²) in [4.78, 5) is 39.2. The van der Waals surface area contributed by atoms with Gasteiger partial charge in [0.1, 0.15) is 11.4 Å². The number of aromatic nitrogens is 2. The number of piperidine rings is 1. The molecule has 0 atom stereocenters. The quantitative estimate of drug-likeness (QED) is 0.446. The van der Waals surface area contributed by atoms with Gasteiger partial charge in [-0.3, -0.25) is 9.69 Å². The number of nitrogens with zero attached hydrogens (tertiary/aromatic N) is 4. The van der Waals surface area contributed by atoms with Gasteiger partial charge in [-0.05, 0) is 95.9 Å². The van der Waals surface area contributed by atoms with Crippen molar-refractivity contribution >= 4 is 39.7 Å². The van der Waals surface area contributed by atoms with Gasteiger partial charge in [0.05, 0.1) is 6.10 Å². The van der Waals surface area contributed by atoms with Crippen LogP contribution in [0.25, 0.3) is 0 Å². The van der Waals surface area contributed by atoms with E-state index in [1.165, 1.54) is 0 Å². The van der Waals surface area contributed by atoms with Crippen LogP contribution >= 0.6 is 15.9 Å². The first-order valence-corrected chi connectivity index (χ1v) is 14.6. The summed E-state index contributed by atoms with van der Waals surface area (Å²) in [5, 5.41) is 13.2. The monoisotopic (exact) mass is 601 g/mol. The maximum atomic E-state index is 14.0. The molecule has 1 aromatic carbocycles. The van der Waals surface area contributed by atoms with Gasteiger partial charge in [0.25, 0.3) is 5.91 Å². The third-order valence-electron chi connectivity index (χ3n) is 7.40. The molecule has 2 aromatic rings. The summed E-state index contributed by atoms with van der Waals surface area (Å²) < 4.78 is 6.42. The molecule has 2 fully saturated rings. The van der Waals surface area contributed by atoms with Crippen LogP contribution in [0.5, 0.6) is 0 Å². The van der Waals surface area contributed by atoms with E-state index >= 15 is 0 Å². The third kappa shape index (κ3) is 7.91. The molecule has 1 saturated heterocycles. The molecule has 1 aliphatic carbocycles. The van der Waals surface area contributed by atoms with Crippen molar-refractivity contribution < 1.29 is 19.4 Å². The Labute approximate surface area is 239 Å². The second-order valence-corrected chi connectivity index (χ2v) is 12.5. The van der Waals surface area contributed by atoms with Crippen LogP contribution in [0.4, 0.5) is 16.6 Å². The zero-order valence-corrected chi connectivity index (χ0v) is 24.9. The molecule has 10 heteroatoms. The largest absolute Gasteiger partial charge is 0.444 e. The standard InChI is InChI=1S/C29H40BrN5O4/c1-19-23(6-5-7-24(19)30)26(37)35(18-20-13-16-34(17-14-20)28(38)39-29(2,3)4)25-12-15-31-27(33-25)32-21-8-10-22(36)11-9-21/h5-7,12,15,20-22,36H,8-11,13-14,16-18H2,1-4H3,(H,31,32,33). The van der Waals surface area contributed by atoms with Gasteiger partial charge in [0.2, 0.25) is 5.95 Å². The van der Waals surface area contributed by atoms with Crippen molar-refractivity contribution in [1.82, 2.24) is 14.9 Å². The highest BCUT2D eigenvalue weighted by Crippen LogP contribution is 2.28. The maximum absolute atomic E-state index is 14.0. The summed E-state index contributed by atoms with van der Waals surface area (Å²) in [6.07, 6.45) is 5.90. The van der Waals surface area contributed by atoms with Crippen LogP contribution in [0.1, 0.15) is 75.2 Å². The van der Waals surface area contributed by atoms with Crippen molar-refractivity contribution in [3.05, 3.63) is 46.1 Å². The van der Waals surface area contributed by atoms with Crippen LogP contribution in [0.3, 0.4) is 0 Å². The Kier molecular flexibility index (Phi) is 9.48. The van der Waals surface area contributed by atoms with Gasteiger partial charge in [-0.2, -0.15) is 4.98 Å². The number of rotatable bonds is 6. The van der Waals surface area contributed by atoms with E-state index in [1.54, 1.807) is 22.1 Å². The third-order valence-corrected chi connectivity index (χ3v) is 8.26. The molecule has 2 heterocycles. The lowest BCUT2D eigenvalue weighted by atomic mass is 9.93. The lowest BCUT2D eigenvalue weighted by molar-refractivity contribution is 0.0185. The highest BCUT2D eigenvalue weighted by Gasteiger charge is 2.31. The first-order valence-electron chi connectivity index (χ1n) is 13.8. The Morgan fingerprint density at radius 1 is 1.13 bits per heavy atom. The number of likely N-dealkylation sites (tertiary alicyclic amines) is 1. The fourth-order valence-electron chi connectivity index (χ4n) is 5.12. The molecule has 0 radical (unpaired) electrons. The number of carbonyl (C=O) groups excluding carboxylic acids is 2. The molecule has 1 saturated carbocycles. The molecular weight excluding hydrogens is 562 g/mol. The lowest BCUT2D eigenvalue weighted by Gasteiger charge is -2.35. The lowest BCUT2D eigenvalue weighted by Crippen LogP contribution is -2.45. The Balaban J connectivity index is 1.52. The highest BCUT2D eigenvalue weighted by molar-refractivity contribution is 9.10. The number of nitrogens with one attached hydrogen (secondary N) is 1. The Bertz CT molecular complexity index is 1150. The number of ether oxygens (including phenoxy) is 1. The molecule has 2 N–H and O–H groups in total. The minimum absolute atomic E-state index is 0.117. The summed E-state index contributed by atoms with van der Waals surface area (Å²) in [6.45, 7) is 9.19. The summed E-state index contributed by atoms with van der Waals surface area (Å²) in [6, 6.07) is 7.60. The molecule has 2 aliphatic rings. The summed E-state index contributed by atoms with van der Waals surface area (Å²) in [5.74, 6) is 1.11. The van der Waals surface area contributed by atoms with Crippen molar-refractivity contribution in [3.8, 4) is 0 Å². The van der Waals surface area contributed by atoms with Crippen molar-refractivity contribution in [2.75, 3.05) is 29.9 Å². The number of anilines is 2. The van der Waals surface area contributed by atoms with Crippen LogP contribution < -0.4 is 10.2 Å². The molecular formula is C29H40BrN5O4. The number of benzene rings is 1. The normalized spacial score (nSPS) is 20.4. The van der Waals surface area contributed by atoms with Crippen molar-refractivity contribution in [2.24, 2.45) is 5.92 Å². The number of aliphatic hydroxyl groups excluding tert-OH is 1. The minimum atomic E-state index is -0.533. The highest BCUT2D eigenvalue weighted by atomic mass is 79.9. The van der Waals surface area contributed by atoms with E-state index in [4.69, 9.17) is 9.72 Å². The number of halogens is 1. The van der Waals surface area contributed by atoms with Crippen molar-refractivity contribution in [2.45, 2.75) is 84.0 Å². The first kappa shape index (κ1) is 29.3. The van der Waals surface area contributed by atoms with E-state index < -0.39 is 5.60 Å². The number of aliphatic hydroxyl groups is 1. The number of carbonyl (C=O) groups is 2. The maximum Gasteiger partial charge on any atom is 0.410 e. The number of hydrogen-bond acceptors (Lipinski definition) is 7. The van der Waals surface area contributed by atoms with Crippen LogP contribution in [0, 0.1) is 12.8 Å². The molecule has 0 spiro atoms. The second kappa shape index (κ2) is 12.6. The van der Waals surface area contributed by atoms with E-state index in [-0.39, 0.29) is 30.1 Å². The molecule has 1 aromatic heterocycles. The Morgan fingerprint density at radius 2 is 1.82 bits per heavy atom. The van der Waals surface area contributed by atoms with Gasteiger partial charge in [0, 0.05) is 41.9 Å². The predicted molar refractivity (Wildman–Crippen MR) is 155 cm³/mol. The van der Waals surface area contributed by atoms with E-state index in [0.717, 1.165) is 48.6 Å². The van der Waals surface area contributed by atoms with Crippen LogP contribution in [0.2, 0.25) is 0 Å². The van der Waals surface area contributed by atoms with Crippen molar-refractivity contribution in [1.29, 1.82) is 0 Å². The topological polar surface area (TPSA) is 108 Å². The zero-order chi connectivity index (χ0) is 28.2. The first-order chi connectivity index (χ1) is 18.5. The Hall–Kier alpha value is -2.72. The van der Waals surface area contributed by atoms with Gasteiger partial charge >= 0.3 is 6.09 Å². The van der Waals surface area contributed by atoms with Crippen molar-refractivity contribution in [3.63, 3.8) is 0 Å². The van der Waals surface area contributed by atoms with Gasteiger partial charge < -0.3 is 20.1 Å². The molecule has 212 valence electrons. The average molecular weight is 603 g/mol. The predicted octanol–water partition coefficient (Wildman–Crippen LogP) is 5.56. The smallest absolute Gasteiger partial charge is 0.410 e. The second-order valence-electron chi connectivity index (χ2n) is 11.6. The fourth-order valence-corrected chi connectivity index (χ4v) is 5.49. The fraction of sp³-hybridized carbons (Fsp3) is 0.586. The van der Waals surface area contributed by atoms with Crippen LogP contribution in [-0.4, -0.2) is 69.4 Å². The van der Waals surface area contributed by atoms with Crippen LogP contribution in [0.15, 0.2) is 34.9 Å². The minimum Gasteiger partial charge on any atom is -0.444 e. The molecule has 39 heavy (non-hydrogen) atoms. The number of amides is 2. The van der Waals surface area contributed by atoms with Gasteiger partial charge in [-0.15, -0.1) is 0 Å². The summed E-state index contributed by atoms with van der Waals surface area (Å²) in [7, 11) is 0. The van der Waals surface area contributed by atoms with Gasteiger partial charge in [0.15, 0.2) is 0 Å². The van der Waals surface area contributed by atoms with E-state index in [0.29, 0.717) is 37.0 Å². The average Bonchev–Trinajstić information content (AvgIpc) is 2.89. The molecule has 1 aliphatic heterocycles. The van der Waals surface area contributed by atoms with E-state index in [9.17, 15) is 14.7 Å². The van der Waals surface area contributed by atoms with Gasteiger partial charge in [-0.1, -0.05) is 22.0 Å². The van der Waals surface area contributed by atoms with Crippen LogP contribution in [-0.2, 0) is 4.74 Å². The molecule has 0 bridgehead atoms. The molecule has 2 amide bonds. The number of hydrogen-bond donors (Lipinski definition) is 2. The van der Waals surface area contributed by atoms with E-state index in [2.05, 4.69) is 26.2 Å². The van der Waals surface area contributed by atoms with E-state index in [1.807, 2.05) is 45.9 Å². The summed E-state index contributed by atoms with van der Waals surface area (Å²) >= 11 is 3.56. The Morgan fingerprint density at radius 3 is 2.49 bits per heavy atom. The summed E-state index contributed by atoms with van der Waals surface area (Å²) in [5.41, 5.74) is 0.958. The molecule has 0 unspecified atom stereocenters. The SMILES string of the molecule is Cc1c(Br)cccc1C(=O)N(CC1CCN(C(=O)OC(C)(C)C)CC1)c1ccnc(NC2CCC(O)CC2)n1.